The van der Waals surface area contributed by atoms with Crippen LogP contribution in [0.15, 0.2) is 48.8 Å². The zero-order chi connectivity index (χ0) is 27.4. The Bertz CT molecular complexity index is 1500. The van der Waals surface area contributed by atoms with Crippen molar-refractivity contribution >= 4 is 16.0 Å². The van der Waals surface area contributed by atoms with Gasteiger partial charge in [-0.05, 0) is 37.6 Å². The predicted molar refractivity (Wildman–Crippen MR) is 138 cm³/mol. The number of methoxy groups -OCH3 is 3. The third-order valence-corrected chi connectivity index (χ3v) is 7.39. The number of ether oxygens (including phenoxy) is 3. The van der Waals surface area contributed by atoms with Gasteiger partial charge in [-0.15, -0.1) is 10.2 Å². The molecule has 2 N–H and O–H groups in total. The fourth-order valence-electron chi connectivity index (χ4n) is 3.59. The number of sulfonamides is 1. The summed E-state index contributed by atoms with van der Waals surface area (Å²) in [5.41, 5.74) is 1.44. The van der Waals surface area contributed by atoms with Gasteiger partial charge < -0.3 is 19.3 Å². The number of benzene rings is 1. The molecule has 1 aromatic carbocycles. The third-order valence-electron chi connectivity index (χ3n) is 5.68. The monoisotopic (exact) mass is 541 g/mol. The molecule has 0 amide bonds. The van der Waals surface area contributed by atoms with Crippen molar-refractivity contribution in [2.45, 2.75) is 25.2 Å². The number of aryl methyl sites for hydroxylation is 1. The second-order valence-electron chi connectivity index (χ2n) is 8.17. The van der Waals surface area contributed by atoms with E-state index in [4.69, 9.17) is 14.2 Å². The van der Waals surface area contributed by atoms with Crippen LogP contribution in [0, 0.1) is 6.92 Å². The van der Waals surface area contributed by atoms with E-state index in [1.54, 1.807) is 43.3 Å². The first-order valence-electron chi connectivity index (χ1n) is 11.4. The van der Waals surface area contributed by atoms with E-state index in [0.29, 0.717) is 28.8 Å². The number of nitrogens with zero attached hydrogens (tertiary/aromatic N) is 6. The van der Waals surface area contributed by atoms with E-state index in [0.717, 1.165) is 5.56 Å². The number of aliphatic hydroxyl groups excluding tert-OH is 1. The molecule has 0 saturated carbocycles. The van der Waals surface area contributed by atoms with Crippen LogP contribution in [0.3, 0.4) is 0 Å². The van der Waals surface area contributed by atoms with Crippen LogP contribution in [0.25, 0.3) is 17.2 Å². The van der Waals surface area contributed by atoms with Gasteiger partial charge in [0.1, 0.15) is 34.2 Å². The number of anilines is 1. The summed E-state index contributed by atoms with van der Waals surface area (Å²) >= 11 is 0. The molecule has 0 bridgehead atoms. The van der Waals surface area contributed by atoms with Crippen LogP contribution in [-0.4, -0.2) is 69.8 Å². The van der Waals surface area contributed by atoms with E-state index in [1.165, 1.54) is 45.2 Å². The summed E-state index contributed by atoms with van der Waals surface area (Å²) in [5, 5.41) is 17.7. The van der Waals surface area contributed by atoms with Gasteiger partial charge in [0.05, 0.1) is 21.3 Å². The molecule has 4 aromatic rings. The van der Waals surface area contributed by atoms with Crippen molar-refractivity contribution in [3.63, 3.8) is 0 Å². The van der Waals surface area contributed by atoms with E-state index in [1.807, 2.05) is 0 Å². The molecule has 14 heteroatoms. The lowest BCUT2D eigenvalue weighted by atomic mass is 10.2. The van der Waals surface area contributed by atoms with Crippen molar-refractivity contribution in [3.8, 4) is 34.6 Å². The summed E-state index contributed by atoms with van der Waals surface area (Å²) in [7, 11) is 0.160. The molecule has 13 nitrogen and oxygen atoms in total. The smallest absolute Gasteiger partial charge is 0.243 e. The third kappa shape index (κ3) is 5.21. The van der Waals surface area contributed by atoms with Crippen LogP contribution in [0.5, 0.6) is 17.4 Å². The molecule has 0 unspecified atom stereocenters. The first-order chi connectivity index (χ1) is 18.2. The van der Waals surface area contributed by atoms with Crippen molar-refractivity contribution < 1.29 is 27.7 Å². The number of hydrogen-bond donors (Lipinski definition) is 2. The summed E-state index contributed by atoms with van der Waals surface area (Å²) < 4.78 is 47.0. The first-order valence-corrected chi connectivity index (χ1v) is 12.9. The molecule has 2 atom stereocenters. The highest BCUT2D eigenvalue weighted by molar-refractivity contribution is 7.93. The molecule has 3 aromatic heterocycles. The molecule has 200 valence electrons. The van der Waals surface area contributed by atoms with Gasteiger partial charge in [0.15, 0.2) is 11.6 Å². The molecule has 0 aliphatic carbocycles. The number of rotatable bonds is 10. The SMILES string of the molecule is COc1cccc(-c2nnc(NS(=O)(=O)[C@@H](C)[C@H](O)c3ncc(C)cn3)n2-c2c(OC)cccc2OC)n1. The lowest BCUT2D eigenvalue weighted by Gasteiger charge is -2.20. The number of hydrogen-bond acceptors (Lipinski definition) is 11. The number of nitrogens with one attached hydrogen (secondary N) is 1. The highest BCUT2D eigenvalue weighted by Crippen LogP contribution is 2.38. The van der Waals surface area contributed by atoms with E-state index < -0.39 is 21.4 Å². The lowest BCUT2D eigenvalue weighted by Crippen LogP contribution is -2.32. The molecular formula is C24H27N7O6S. The highest BCUT2D eigenvalue weighted by atomic mass is 32.2. The standard InChI is InChI=1S/C24H27N7O6S/c1-14-12-25-22(26-13-14)21(32)15(2)38(33,34)30-24-29-28-23(16-8-6-11-19(27-16)37-5)31(24)20-17(35-3)9-7-10-18(20)36-4/h6-13,15,21,32H,1-5H3,(H,29,30)/t15-,21-/m0/s1. The second kappa shape index (κ2) is 11.0. The van der Waals surface area contributed by atoms with E-state index in [9.17, 15) is 13.5 Å². The van der Waals surface area contributed by atoms with Gasteiger partial charge in [-0.3, -0.25) is 9.29 Å². The van der Waals surface area contributed by atoms with Crippen molar-refractivity contribution in [1.82, 2.24) is 29.7 Å². The zero-order valence-corrected chi connectivity index (χ0v) is 22.2. The van der Waals surface area contributed by atoms with Gasteiger partial charge in [0, 0.05) is 18.5 Å². The minimum atomic E-state index is -4.25. The minimum Gasteiger partial charge on any atom is -0.494 e. The summed E-state index contributed by atoms with van der Waals surface area (Å²) in [5.74, 6) is 1.00. The quantitative estimate of drug-likeness (QED) is 0.303. The Balaban J connectivity index is 1.84. The summed E-state index contributed by atoms with van der Waals surface area (Å²) in [6, 6.07) is 10.1. The van der Waals surface area contributed by atoms with Crippen molar-refractivity contribution in [2.24, 2.45) is 0 Å². The molecule has 0 radical (unpaired) electrons. The van der Waals surface area contributed by atoms with Gasteiger partial charge in [0.2, 0.25) is 21.9 Å². The highest BCUT2D eigenvalue weighted by Gasteiger charge is 2.34. The van der Waals surface area contributed by atoms with Gasteiger partial charge >= 0.3 is 0 Å². The van der Waals surface area contributed by atoms with Gasteiger partial charge in [0.25, 0.3) is 0 Å². The Morgan fingerprint density at radius 1 is 0.947 bits per heavy atom. The molecule has 0 aliphatic heterocycles. The van der Waals surface area contributed by atoms with Gasteiger partial charge in [-0.25, -0.2) is 23.4 Å². The van der Waals surface area contributed by atoms with E-state index in [2.05, 4.69) is 29.9 Å². The van der Waals surface area contributed by atoms with Crippen LogP contribution >= 0.6 is 0 Å². The van der Waals surface area contributed by atoms with Crippen molar-refractivity contribution in [2.75, 3.05) is 26.1 Å². The number of aliphatic hydroxyl groups is 1. The number of pyridine rings is 1. The topological polar surface area (TPSA) is 163 Å². The Hall–Kier alpha value is -4.30. The van der Waals surface area contributed by atoms with E-state index >= 15 is 0 Å². The maximum absolute atomic E-state index is 13.4. The molecular weight excluding hydrogens is 514 g/mol. The van der Waals surface area contributed by atoms with Gasteiger partial charge in [-0.1, -0.05) is 12.1 Å². The maximum Gasteiger partial charge on any atom is 0.243 e. The fourth-order valence-corrected chi connectivity index (χ4v) is 4.62. The minimum absolute atomic E-state index is 0.0254. The van der Waals surface area contributed by atoms with Crippen LogP contribution in [0.1, 0.15) is 24.4 Å². The molecule has 0 fully saturated rings. The Labute approximate surface area is 219 Å². The van der Waals surface area contributed by atoms with Crippen molar-refractivity contribution in [3.05, 3.63) is 60.2 Å². The Morgan fingerprint density at radius 3 is 2.18 bits per heavy atom. The maximum atomic E-state index is 13.4. The number of aromatic nitrogens is 6. The number of para-hydroxylation sites is 1. The molecule has 3 heterocycles. The fraction of sp³-hybridized carbons (Fsp3) is 0.292. The van der Waals surface area contributed by atoms with Crippen LogP contribution in [-0.2, 0) is 10.0 Å². The summed E-state index contributed by atoms with van der Waals surface area (Å²) in [6.07, 6.45) is 1.48. The molecule has 0 saturated heterocycles. The van der Waals surface area contributed by atoms with Crippen molar-refractivity contribution in [1.29, 1.82) is 0 Å². The Morgan fingerprint density at radius 2 is 1.58 bits per heavy atom. The second-order valence-corrected chi connectivity index (χ2v) is 10.2. The zero-order valence-electron chi connectivity index (χ0n) is 21.4. The molecule has 0 spiro atoms. The Kier molecular flexibility index (Phi) is 7.73. The normalized spacial score (nSPS) is 13.0. The lowest BCUT2D eigenvalue weighted by molar-refractivity contribution is 0.166. The average Bonchev–Trinajstić information content (AvgIpc) is 3.34. The van der Waals surface area contributed by atoms with E-state index in [-0.39, 0.29) is 17.6 Å². The molecule has 0 aliphatic rings. The largest absolute Gasteiger partial charge is 0.494 e. The van der Waals surface area contributed by atoms with Gasteiger partial charge in [-0.2, -0.15) is 0 Å². The van der Waals surface area contributed by atoms with Crippen LogP contribution < -0.4 is 18.9 Å². The average molecular weight is 542 g/mol. The summed E-state index contributed by atoms with van der Waals surface area (Å²) in [6.45, 7) is 3.12. The molecule has 38 heavy (non-hydrogen) atoms. The summed E-state index contributed by atoms with van der Waals surface area (Å²) in [4.78, 5) is 12.5. The first kappa shape index (κ1) is 26.8. The predicted octanol–water partition coefficient (Wildman–Crippen LogP) is 2.32. The van der Waals surface area contributed by atoms with Crippen LogP contribution in [0.4, 0.5) is 5.95 Å². The molecule has 4 rings (SSSR count). The van der Waals surface area contributed by atoms with Crippen LogP contribution in [0.2, 0.25) is 0 Å².